The fourth-order valence-corrected chi connectivity index (χ4v) is 2.42. The van der Waals surface area contributed by atoms with Crippen LogP contribution in [0.4, 0.5) is 11.4 Å². The highest BCUT2D eigenvalue weighted by Crippen LogP contribution is 2.22. The zero-order valence-electron chi connectivity index (χ0n) is 15.1. The van der Waals surface area contributed by atoms with E-state index in [0.29, 0.717) is 5.75 Å². The van der Waals surface area contributed by atoms with Crippen molar-refractivity contribution >= 4 is 17.3 Å². The molecule has 0 spiro atoms. The predicted octanol–water partition coefficient (Wildman–Crippen LogP) is 1.99. The average molecular weight is 395 g/mol. The van der Waals surface area contributed by atoms with Crippen molar-refractivity contribution in [2.45, 2.75) is 6.54 Å². The Kier molecular flexibility index (Phi) is 6.15. The molecule has 10 heteroatoms. The van der Waals surface area contributed by atoms with Gasteiger partial charge >= 0.3 is 0 Å². The fourth-order valence-electron chi connectivity index (χ4n) is 2.42. The van der Waals surface area contributed by atoms with E-state index in [0.717, 1.165) is 4.68 Å². The molecule has 0 fully saturated rings. The molecule has 0 atom stereocenters. The van der Waals surface area contributed by atoms with Crippen molar-refractivity contribution in [1.29, 1.82) is 0 Å². The third kappa shape index (κ3) is 5.16. The average Bonchev–Trinajstić information content (AvgIpc) is 2.74. The summed E-state index contributed by atoms with van der Waals surface area (Å²) in [6, 6.07) is 17.4. The van der Waals surface area contributed by atoms with Crippen LogP contribution in [-0.2, 0) is 6.54 Å². The van der Waals surface area contributed by atoms with Crippen LogP contribution in [0.15, 0.2) is 71.5 Å². The second kappa shape index (κ2) is 9.13. The minimum atomic E-state index is -0.652. The molecular weight excluding hydrogens is 378 g/mol. The third-order valence-corrected chi connectivity index (χ3v) is 3.83. The lowest BCUT2D eigenvalue weighted by molar-refractivity contribution is -0.384. The Bertz CT molecular complexity index is 1070. The molecule has 2 aromatic carbocycles. The first-order valence-corrected chi connectivity index (χ1v) is 8.60. The van der Waals surface area contributed by atoms with E-state index in [2.05, 4.69) is 16.0 Å². The Balaban J connectivity index is 1.63. The first kappa shape index (κ1) is 19.5. The number of hydrogen-bond donors (Lipinski definition) is 2. The fraction of sp³-hybridized carbons (Fsp3) is 0.105. The number of carbonyl (C=O) groups excluding carboxylic acids is 1. The topological polar surface area (TPSA) is 128 Å². The standard InChI is InChI=1S/C19H17N5O5/c25-18-11-10-16(22-23(18)12-13-29-14-6-2-1-3-7-14)19(26)21-20-15-8-4-5-9-17(15)24(27)28/h1-11,20H,12-13H2,(H,21,26). The van der Waals surface area contributed by atoms with E-state index in [1.165, 1.54) is 30.3 Å². The summed E-state index contributed by atoms with van der Waals surface area (Å²) in [6.07, 6.45) is 0. The summed E-state index contributed by atoms with van der Waals surface area (Å²) in [5.74, 6) is 0.00369. The molecule has 0 radical (unpaired) electrons. The van der Waals surface area contributed by atoms with Crippen LogP contribution >= 0.6 is 0 Å². The summed E-state index contributed by atoms with van der Waals surface area (Å²) in [4.78, 5) is 34.7. The van der Waals surface area contributed by atoms with Crippen LogP contribution in [0.5, 0.6) is 5.75 Å². The van der Waals surface area contributed by atoms with E-state index in [1.54, 1.807) is 18.2 Å². The highest BCUT2D eigenvalue weighted by molar-refractivity contribution is 5.93. The van der Waals surface area contributed by atoms with Gasteiger partial charge in [-0.25, -0.2) is 4.68 Å². The number of benzene rings is 2. The van der Waals surface area contributed by atoms with E-state index in [1.807, 2.05) is 18.2 Å². The van der Waals surface area contributed by atoms with Crippen molar-refractivity contribution in [2.24, 2.45) is 0 Å². The number of carbonyl (C=O) groups is 1. The molecule has 0 bridgehead atoms. The Morgan fingerprint density at radius 2 is 1.79 bits per heavy atom. The molecule has 0 saturated carbocycles. The summed E-state index contributed by atoms with van der Waals surface area (Å²) in [6.45, 7) is 0.336. The first-order valence-electron chi connectivity index (χ1n) is 8.60. The molecule has 29 heavy (non-hydrogen) atoms. The van der Waals surface area contributed by atoms with Gasteiger partial charge in [0.05, 0.1) is 11.5 Å². The second-order valence-electron chi connectivity index (χ2n) is 5.79. The number of ether oxygens (including phenoxy) is 1. The van der Waals surface area contributed by atoms with Gasteiger partial charge in [-0.15, -0.1) is 0 Å². The quantitative estimate of drug-likeness (QED) is 0.441. The minimum absolute atomic E-state index is 0.0320. The number of anilines is 1. The van der Waals surface area contributed by atoms with Gasteiger partial charge in [0.2, 0.25) is 0 Å². The van der Waals surface area contributed by atoms with Gasteiger partial charge in [0.15, 0.2) is 5.69 Å². The van der Waals surface area contributed by atoms with Gasteiger partial charge in [0.25, 0.3) is 17.2 Å². The molecule has 1 aromatic heterocycles. The Morgan fingerprint density at radius 1 is 1.07 bits per heavy atom. The van der Waals surface area contributed by atoms with Gasteiger partial charge in [0.1, 0.15) is 18.0 Å². The van der Waals surface area contributed by atoms with Gasteiger partial charge in [0, 0.05) is 12.1 Å². The van der Waals surface area contributed by atoms with Crippen molar-refractivity contribution < 1.29 is 14.5 Å². The SMILES string of the molecule is O=C(NNc1ccccc1[N+](=O)[O-])c1ccc(=O)n(CCOc2ccccc2)n1. The van der Waals surface area contributed by atoms with Crippen LogP contribution in [0.1, 0.15) is 10.5 Å². The summed E-state index contributed by atoms with van der Waals surface area (Å²) < 4.78 is 6.64. The summed E-state index contributed by atoms with van der Waals surface area (Å²) in [5.41, 5.74) is 4.35. The van der Waals surface area contributed by atoms with Crippen LogP contribution in [0, 0.1) is 10.1 Å². The lowest BCUT2D eigenvalue weighted by Gasteiger charge is -2.10. The highest BCUT2D eigenvalue weighted by Gasteiger charge is 2.14. The maximum Gasteiger partial charge on any atom is 0.294 e. The zero-order chi connectivity index (χ0) is 20.6. The number of aromatic nitrogens is 2. The highest BCUT2D eigenvalue weighted by atomic mass is 16.6. The number of nitro benzene ring substituents is 1. The van der Waals surface area contributed by atoms with E-state index in [9.17, 15) is 19.7 Å². The Morgan fingerprint density at radius 3 is 2.55 bits per heavy atom. The number of hydrazine groups is 1. The van der Waals surface area contributed by atoms with Crippen molar-refractivity contribution in [2.75, 3.05) is 12.0 Å². The molecule has 0 saturated heterocycles. The van der Waals surface area contributed by atoms with Crippen LogP contribution < -0.4 is 21.1 Å². The number of amides is 1. The Labute approximate surface area is 164 Å². The molecule has 1 heterocycles. The van der Waals surface area contributed by atoms with Gasteiger partial charge < -0.3 is 4.74 Å². The second-order valence-corrected chi connectivity index (χ2v) is 5.79. The Hall–Kier alpha value is -4.21. The molecule has 10 nitrogen and oxygen atoms in total. The molecule has 1 amide bonds. The molecule has 0 aliphatic heterocycles. The van der Waals surface area contributed by atoms with Crippen LogP contribution in [0.3, 0.4) is 0 Å². The van der Waals surface area contributed by atoms with Crippen molar-refractivity contribution in [3.63, 3.8) is 0 Å². The summed E-state index contributed by atoms with van der Waals surface area (Å²) in [5, 5.41) is 15.0. The smallest absolute Gasteiger partial charge is 0.294 e. The van der Waals surface area contributed by atoms with Crippen LogP contribution in [0.2, 0.25) is 0 Å². The molecule has 0 aliphatic carbocycles. The van der Waals surface area contributed by atoms with E-state index in [4.69, 9.17) is 4.74 Å². The number of nitrogens with zero attached hydrogens (tertiary/aromatic N) is 3. The van der Waals surface area contributed by atoms with Gasteiger partial charge in [-0.1, -0.05) is 30.3 Å². The summed E-state index contributed by atoms with van der Waals surface area (Å²) in [7, 11) is 0. The normalized spacial score (nSPS) is 10.2. The lowest BCUT2D eigenvalue weighted by atomic mass is 10.3. The monoisotopic (exact) mass is 395 g/mol. The third-order valence-electron chi connectivity index (χ3n) is 3.83. The number of nitro groups is 1. The number of nitrogens with one attached hydrogen (secondary N) is 2. The number of para-hydroxylation sites is 3. The van der Waals surface area contributed by atoms with Crippen molar-refractivity contribution in [3.05, 3.63) is 92.9 Å². The molecule has 3 rings (SSSR count). The number of rotatable bonds is 8. The molecule has 2 N–H and O–H groups in total. The molecule has 0 unspecified atom stereocenters. The molecule has 148 valence electrons. The maximum atomic E-state index is 12.3. The molecule has 3 aromatic rings. The van der Waals surface area contributed by atoms with Crippen LogP contribution in [-0.4, -0.2) is 27.2 Å². The van der Waals surface area contributed by atoms with E-state index < -0.39 is 10.8 Å². The van der Waals surface area contributed by atoms with Gasteiger partial charge in [-0.2, -0.15) is 5.10 Å². The van der Waals surface area contributed by atoms with Crippen molar-refractivity contribution in [1.82, 2.24) is 15.2 Å². The van der Waals surface area contributed by atoms with Gasteiger partial charge in [-0.3, -0.25) is 30.6 Å². The molecular formula is C19H17N5O5. The first-order chi connectivity index (χ1) is 14.0. The van der Waals surface area contributed by atoms with E-state index >= 15 is 0 Å². The summed E-state index contributed by atoms with van der Waals surface area (Å²) >= 11 is 0. The van der Waals surface area contributed by atoms with Gasteiger partial charge in [-0.05, 0) is 24.3 Å². The zero-order valence-corrected chi connectivity index (χ0v) is 15.1. The van der Waals surface area contributed by atoms with E-state index in [-0.39, 0.29) is 35.8 Å². The molecule has 0 aliphatic rings. The lowest BCUT2D eigenvalue weighted by Crippen LogP contribution is -2.33. The predicted molar refractivity (Wildman–Crippen MR) is 105 cm³/mol. The number of hydrogen-bond acceptors (Lipinski definition) is 7. The maximum absolute atomic E-state index is 12.3. The van der Waals surface area contributed by atoms with Crippen LogP contribution in [0.25, 0.3) is 0 Å². The minimum Gasteiger partial charge on any atom is -0.492 e. The van der Waals surface area contributed by atoms with Crippen molar-refractivity contribution in [3.8, 4) is 5.75 Å². The largest absolute Gasteiger partial charge is 0.492 e.